The monoisotopic (exact) mass is 477 g/mol. The number of piperazine rings is 1. The predicted molar refractivity (Wildman–Crippen MR) is 130 cm³/mol. The van der Waals surface area contributed by atoms with Gasteiger partial charge in [0.2, 0.25) is 0 Å². The van der Waals surface area contributed by atoms with E-state index < -0.39 is 6.10 Å². The molecule has 8 nitrogen and oxygen atoms in total. The van der Waals surface area contributed by atoms with Gasteiger partial charge in [0.15, 0.2) is 6.10 Å². The lowest BCUT2D eigenvalue weighted by Gasteiger charge is -2.35. The van der Waals surface area contributed by atoms with E-state index in [9.17, 15) is 9.59 Å². The number of nitrogens with zero attached hydrogens (tertiary/aromatic N) is 4. The van der Waals surface area contributed by atoms with Gasteiger partial charge >= 0.3 is 0 Å². The van der Waals surface area contributed by atoms with Crippen LogP contribution in [0.15, 0.2) is 29.1 Å². The van der Waals surface area contributed by atoms with Crippen molar-refractivity contribution in [3.8, 4) is 11.8 Å². The normalized spacial score (nSPS) is 17.2. The van der Waals surface area contributed by atoms with Gasteiger partial charge in [-0.2, -0.15) is 5.26 Å². The average molecular weight is 478 g/mol. The molecule has 1 fully saturated rings. The maximum absolute atomic E-state index is 12.8. The van der Waals surface area contributed by atoms with E-state index in [1.54, 1.807) is 42.5 Å². The number of amides is 1. The van der Waals surface area contributed by atoms with E-state index in [1.165, 1.54) is 16.9 Å². The molecule has 0 bridgehead atoms. The number of aromatic nitrogens is 2. The third-order valence-corrected chi connectivity index (χ3v) is 7.76. The fourth-order valence-electron chi connectivity index (χ4n) is 4.74. The molecule has 3 heterocycles. The minimum absolute atomic E-state index is 0.0259. The molecule has 1 atom stereocenters. The van der Waals surface area contributed by atoms with Gasteiger partial charge in [0.25, 0.3) is 11.5 Å². The summed E-state index contributed by atoms with van der Waals surface area (Å²) < 4.78 is 5.78. The van der Waals surface area contributed by atoms with Crippen molar-refractivity contribution < 1.29 is 9.53 Å². The molecule has 2 aromatic heterocycles. The molecule has 1 unspecified atom stereocenters. The van der Waals surface area contributed by atoms with Crippen LogP contribution >= 0.6 is 11.3 Å². The molecule has 1 N–H and O–H groups in total. The van der Waals surface area contributed by atoms with Crippen molar-refractivity contribution >= 4 is 27.5 Å². The molecule has 5 rings (SSSR count). The van der Waals surface area contributed by atoms with Gasteiger partial charge in [-0.25, -0.2) is 4.98 Å². The standard InChI is InChI=1S/C25H27N5O3S/c1-16(33-18-8-6-17(14-26)7-9-18)25(32)30-12-10-29(11-13-30)15-21-27-23(31)22-19-4-2-3-5-20(19)34-24(22)28-21/h6-9,16H,2-5,10-13,15H2,1H3,(H,27,28,31). The first-order chi connectivity index (χ1) is 16.5. The maximum Gasteiger partial charge on any atom is 0.263 e. The van der Waals surface area contributed by atoms with Crippen molar-refractivity contribution in [3.63, 3.8) is 0 Å². The number of H-pyrrole nitrogens is 1. The molecule has 0 saturated carbocycles. The van der Waals surface area contributed by atoms with Gasteiger partial charge in [-0.1, -0.05) is 0 Å². The minimum Gasteiger partial charge on any atom is -0.481 e. The van der Waals surface area contributed by atoms with E-state index in [0.717, 1.165) is 29.5 Å². The summed E-state index contributed by atoms with van der Waals surface area (Å²) in [6.45, 7) is 4.92. The van der Waals surface area contributed by atoms with Gasteiger partial charge in [-0.3, -0.25) is 14.5 Å². The number of ether oxygens (including phenoxy) is 1. The lowest BCUT2D eigenvalue weighted by molar-refractivity contribution is -0.139. The van der Waals surface area contributed by atoms with Gasteiger partial charge < -0.3 is 14.6 Å². The largest absolute Gasteiger partial charge is 0.481 e. The molecule has 0 radical (unpaired) electrons. The number of carbonyl (C=O) groups excluding carboxylic acids is 1. The van der Waals surface area contributed by atoms with E-state index in [0.29, 0.717) is 49.9 Å². The summed E-state index contributed by atoms with van der Waals surface area (Å²) in [4.78, 5) is 39.6. The summed E-state index contributed by atoms with van der Waals surface area (Å²) in [5, 5.41) is 9.69. The van der Waals surface area contributed by atoms with Crippen molar-refractivity contribution in [1.29, 1.82) is 5.26 Å². The number of hydrogen-bond donors (Lipinski definition) is 1. The van der Waals surface area contributed by atoms with E-state index >= 15 is 0 Å². The molecule has 1 amide bonds. The van der Waals surface area contributed by atoms with Crippen LogP contribution in [-0.2, 0) is 24.2 Å². The lowest BCUT2D eigenvalue weighted by Crippen LogP contribution is -2.51. The van der Waals surface area contributed by atoms with E-state index in [4.69, 9.17) is 15.0 Å². The Morgan fingerprint density at radius 2 is 1.94 bits per heavy atom. The Balaban J connectivity index is 1.18. The Morgan fingerprint density at radius 3 is 2.68 bits per heavy atom. The van der Waals surface area contributed by atoms with Gasteiger partial charge in [0.05, 0.1) is 23.6 Å². The Kier molecular flexibility index (Phi) is 6.35. The fraction of sp³-hybridized carbons (Fsp3) is 0.440. The fourth-order valence-corrected chi connectivity index (χ4v) is 6.02. The van der Waals surface area contributed by atoms with Gasteiger partial charge in [-0.05, 0) is 62.4 Å². The number of carbonyl (C=O) groups is 1. The lowest BCUT2D eigenvalue weighted by atomic mass is 9.97. The molecule has 1 aromatic carbocycles. The number of nitrogens with one attached hydrogen (secondary N) is 1. The Bertz CT molecular complexity index is 1300. The molecule has 9 heteroatoms. The molecular weight excluding hydrogens is 450 g/mol. The van der Waals surface area contributed by atoms with Crippen LogP contribution in [0.2, 0.25) is 0 Å². The van der Waals surface area contributed by atoms with Gasteiger partial charge in [0, 0.05) is 31.1 Å². The van der Waals surface area contributed by atoms with E-state index in [2.05, 4.69) is 16.0 Å². The summed E-state index contributed by atoms with van der Waals surface area (Å²) in [5.41, 5.74) is 1.73. The number of hydrogen-bond acceptors (Lipinski definition) is 7. The van der Waals surface area contributed by atoms with Crippen LogP contribution in [0.3, 0.4) is 0 Å². The van der Waals surface area contributed by atoms with Gasteiger partial charge in [-0.15, -0.1) is 11.3 Å². The molecule has 176 valence electrons. The number of aromatic amines is 1. The number of aryl methyl sites for hydroxylation is 2. The smallest absolute Gasteiger partial charge is 0.263 e. The second kappa shape index (κ2) is 9.57. The second-order valence-corrected chi connectivity index (χ2v) is 9.98. The van der Waals surface area contributed by atoms with Crippen molar-refractivity contribution in [2.75, 3.05) is 26.2 Å². The average Bonchev–Trinajstić information content (AvgIpc) is 3.23. The maximum atomic E-state index is 12.8. The minimum atomic E-state index is -0.607. The quantitative estimate of drug-likeness (QED) is 0.606. The van der Waals surface area contributed by atoms with Crippen LogP contribution < -0.4 is 10.3 Å². The van der Waals surface area contributed by atoms with Crippen molar-refractivity contribution in [2.24, 2.45) is 0 Å². The molecule has 3 aromatic rings. The predicted octanol–water partition coefficient (Wildman–Crippen LogP) is 2.85. The zero-order chi connectivity index (χ0) is 23.7. The first-order valence-corrected chi connectivity index (χ1v) is 12.5. The highest BCUT2D eigenvalue weighted by Crippen LogP contribution is 2.33. The van der Waals surface area contributed by atoms with Crippen LogP contribution in [0.25, 0.3) is 10.2 Å². The summed E-state index contributed by atoms with van der Waals surface area (Å²) in [7, 11) is 0. The molecule has 1 aliphatic heterocycles. The number of fused-ring (bicyclic) bond motifs is 3. The zero-order valence-corrected chi connectivity index (χ0v) is 20.0. The first-order valence-electron chi connectivity index (χ1n) is 11.7. The van der Waals surface area contributed by atoms with Crippen LogP contribution in [0.1, 0.15) is 41.6 Å². The number of nitriles is 1. The topological polar surface area (TPSA) is 102 Å². The van der Waals surface area contributed by atoms with E-state index in [1.807, 2.05) is 4.90 Å². The molecule has 0 spiro atoms. The molecule has 1 saturated heterocycles. The van der Waals surface area contributed by atoms with Gasteiger partial charge in [0.1, 0.15) is 16.4 Å². The molecule has 2 aliphatic rings. The number of benzene rings is 1. The highest BCUT2D eigenvalue weighted by atomic mass is 32.1. The van der Waals surface area contributed by atoms with Crippen LogP contribution in [0, 0.1) is 11.3 Å². The summed E-state index contributed by atoms with van der Waals surface area (Å²) in [6.07, 6.45) is 3.74. The Hall–Kier alpha value is -3.22. The third kappa shape index (κ3) is 4.56. The highest BCUT2D eigenvalue weighted by molar-refractivity contribution is 7.18. The second-order valence-electron chi connectivity index (χ2n) is 8.90. The zero-order valence-electron chi connectivity index (χ0n) is 19.2. The number of thiophene rings is 1. The van der Waals surface area contributed by atoms with Crippen molar-refractivity contribution in [1.82, 2.24) is 19.8 Å². The molecule has 34 heavy (non-hydrogen) atoms. The summed E-state index contributed by atoms with van der Waals surface area (Å²) in [5.74, 6) is 1.20. The molecule has 1 aliphatic carbocycles. The van der Waals surface area contributed by atoms with Crippen molar-refractivity contribution in [3.05, 3.63) is 56.4 Å². The summed E-state index contributed by atoms with van der Waals surface area (Å²) in [6, 6.07) is 8.82. The van der Waals surface area contributed by atoms with Crippen LogP contribution in [0.5, 0.6) is 5.75 Å². The Morgan fingerprint density at radius 1 is 1.21 bits per heavy atom. The highest BCUT2D eigenvalue weighted by Gasteiger charge is 2.27. The van der Waals surface area contributed by atoms with Crippen molar-refractivity contribution in [2.45, 2.75) is 45.3 Å². The van der Waals surface area contributed by atoms with Crippen LogP contribution in [-0.4, -0.2) is 58.0 Å². The van der Waals surface area contributed by atoms with Crippen LogP contribution in [0.4, 0.5) is 0 Å². The van der Waals surface area contributed by atoms with E-state index in [-0.39, 0.29) is 11.5 Å². The first kappa shape index (κ1) is 22.6. The Labute approximate surface area is 201 Å². The summed E-state index contributed by atoms with van der Waals surface area (Å²) >= 11 is 1.67. The third-order valence-electron chi connectivity index (χ3n) is 6.58. The molecular formula is C25H27N5O3S. The number of rotatable bonds is 5. The SMILES string of the molecule is CC(Oc1ccc(C#N)cc1)C(=O)N1CCN(Cc2nc3sc4c(c3c(=O)[nH]2)CCCC4)CC1.